The molecule has 0 radical (unpaired) electrons. The number of fused-ring (bicyclic) bond motifs is 2. The molecule has 124 valence electrons. The molecule has 0 fully saturated rings. The topological polar surface area (TPSA) is 84.7 Å². The number of amides is 1. The van der Waals surface area contributed by atoms with Crippen molar-refractivity contribution in [3.05, 3.63) is 52.3 Å². The Bertz CT molecular complexity index is 965. The molecule has 1 aliphatic heterocycles. The molecule has 0 bridgehead atoms. The fourth-order valence-electron chi connectivity index (χ4n) is 3.36. The van der Waals surface area contributed by atoms with Crippen LogP contribution >= 0.6 is 0 Å². The first-order valence-corrected chi connectivity index (χ1v) is 8.13. The van der Waals surface area contributed by atoms with Crippen molar-refractivity contribution in [2.75, 3.05) is 0 Å². The summed E-state index contributed by atoms with van der Waals surface area (Å²) in [6.07, 6.45) is 3.95. The molecule has 4 rings (SSSR count). The first kappa shape index (κ1) is 14.7. The van der Waals surface area contributed by atoms with Gasteiger partial charge in [-0.05, 0) is 18.9 Å². The molecule has 3 heterocycles. The monoisotopic (exact) mass is 325 g/mol. The highest BCUT2D eigenvalue weighted by Crippen LogP contribution is 2.19. The number of nitrogens with zero attached hydrogens (tertiary/aromatic N) is 3. The van der Waals surface area contributed by atoms with E-state index in [-0.39, 0.29) is 17.6 Å². The van der Waals surface area contributed by atoms with E-state index >= 15 is 0 Å². The Kier molecular flexibility index (Phi) is 3.48. The fraction of sp³-hybridized carbons (Fsp3) is 0.353. The number of rotatable bonds is 2. The molecule has 1 unspecified atom stereocenters. The Morgan fingerprint density at radius 1 is 1.33 bits per heavy atom. The van der Waals surface area contributed by atoms with Crippen molar-refractivity contribution in [3.8, 4) is 0 Å². The average Bonchev–Trinajstić information content (AvgIpc) is 3.06. The van der Waals surface area contributed by atoms with Gasteiger partial charge in [-0.3, -0.25) is 9.36 Å². The second kappa shape index (κ2) is 5.67. The van der Waals surface area contributed by atoms with Crippen molar-refractivity contribution in [2.45, 2.75) is 31.8 Å². The van der Waals surface area contributed by atoms with E-state index in [2.05, 4.69) is 15.4 Å². The third kappa shape index (κ3) is 2.42. The van der Waals surface area contributed by atoms with Crippen LogP contribution in [-0.2, 0) is 20.0 Å². The van der Waals surface area contributed by atoms with Gasteiger partial charge in [-0.15, -0.1) is 0 Å². The van der Waals surface area contributed by atoms with Crippen LogP contribution in [0.15, 0.2) is 35.3 Å². The highest BCUT2D eigenvalue weighted by Gasteiger charge is 2.22. The maximum absolute atomic E-state index is 12.6. The summed E-state index contributed by atoms with van der Waals surface area (Å²) in [6.45, 7) is 0.584. The van der Waals surface area contributed by atoms with Crippen molar-refractivity contribution in [1.82, 2.24) is 24.6 Å². The van der Waals surface area contributed by atoms with Crippen LogP contribution in [-0.4, -0.2) is 31.3 Å². The molecule has 0 saturated carbocycles. The lowest BCUT2D eigenvalue weighted by molar-refractivity contribution is 0.0934. The summed E-state index contributed by atoms with van der Waals surface area (Å²) in [6, 6.07) is 7.79. The van der Waals surface area contributed by atoms with Gasteiger partial charge in [0.05, 0.1) is 5.56 Å². The average molecular weight is 325 g/mol. The predicted octanol–water partition coefficient (Wildman–Crippen LogP) is 1.20. The smallest absolute Gasteiger partial charge is 0.345 e. The molecule has 3 aromatic rings. The lowest BCUT2D eigenvalue weighted by Crippen LogP contribution is -2.35. The highest BCUT2D eigenvalue weighted by atomic mass is 16.2. The van der Waals surface area contributed by atoms with Gasteiger partial charge in [-0.1, -0.05) is 18.2 Å². The molecule has 7 nitrogen and oxygen atoms in total. The van der Waals surface area contributed by atoms with Gasteiger partial charge < -0.3 is 10.3 Å². The molecule has 24 heavy (non-hydrogen) atoms. The molecule has 0 spiro atoms. The number of H-pyrrole nitrogens is 1. The van der Waals surface area contributed by atoms with Gasteiger partial charge in [0.15, 0.2) is 0 Å². The summed E-state index contributed by atoms with van der Waals surface area (Å²) in [5, 5.41) is 8.29. The molecule has 1 aliphatic rings. The van der Waals surface area contributed by atoms with Gasteiger partial charge in [0.25, 0.3) is 5.91 Å². The Balaban J connectivity index is 1.50. The van der Waals surface area contributed by atoms with E-state index < -0.39 is 0 Å². The zero-order valence-corrected chi connectivity index (χ0v) is 13.5. The van der Waals surface area contributed by atoms with Gasteiger partial charge in [0.1, 0.15) is 5.82 Å². The highest BCUT2D eigenvalue weighted by molar-refractivity contribution is 6.06. The van der Waals surface area contributed by atoms with Crippen LogP contribution in [0.4, 0.5) is 0 Å². The van der Waals surface area contributed by atoms with Crippen molar-refractivity contribution < 1.29 is 4.79 Å². The Hall–Kier alpha value is -2.83. The minimum absolute atomic E-state index is 0.0394. The molecule has 0 aliphatic carbocycles. The molecule has 1 amide bonds. The van der Waals surface area contributed by atoms with Crippen LogP contribution in [0.3, 0.4) is 0 Å². The number of carbonyl (C=O) groups excluding carboxylic acids is 1. The third-order valence-electron chi connectivity index (χ3n) is 4.67. The van der Waals surface area contributed by atoms with E-state index in [0.717, 1.165) is 29.6 Å². The summed E-state index contributed by atoms with van der Waals surface area (Å²) in [5.41, 5.74) is 1.52. The number of hydrogen-bond acceptors (Lipinski definition) is 3. The maximum Gasteiger partial charge on any atom is 0.345 e. The van der Waals surface area contributed by atoms with Gasteiger partial charge in [-0.25, -0.2) is 9.48 Å². The Morgan fingerprint density at radius 2 is 2.17 bits per heavy atom. The Labute approximate surface area is 138 Å². The Morgan fingerprint density at radius 3 is 3.04 bits per heavy atom. The first-order chi connectivity index (χ1) is 11.6. The summed E-state index contributed by atoms with van der Waals surface area (Å²) in [5.74, 6) is 0.719. The SMILES string of the molecule is Cn1nc2n(c1=O)CCC(NC(=O)c1c[nH]c3ccccc13)CC2. The number of carbonyl (C=O) groups is 1. The largest absolute Gasteiger partial charge is 0.360 e. The summed E-state index contributed by atoms with van der Waals surface area (Å²) in [4.78, 5) is 27.7. The van der Waals surface area contributed by atoms with E-state index in [4.69, 9.17) is 0 Å². The van der Waals surface area contributed by atoms with Crippen molar-refractivity contribution in [2.24, 2.45) is 7.05 Å². The van der Waals surface area contributed by atoms with Crippen LogP contribution in [0.25, 0.3) is 10.9 Å². The van der Waals surface area contributed by atoms with Gasteiger partial charge in [0.2, 0.25) is 0 Å². The number of hydrogen-bond donors (Lipinski definition) is 2. The summed E-state index contributed by atoms with van der Waals surface area (Å²) in [7, 11) is 1.67. The molecule has 1 atom stereocenters. The number of para-hydroxylation sites is 1. The van der Waals surface area contributed by atoms with E-state index in [0.29, 0.717) is 18.5 Å². The normalized spacial score (nSPS) is 17.5. The molecule has 7 heteroatoms. The molecular formula is C17H19N5O2. The minimum atomic E-state index is -0.0893. The zero-order valence-electron chi connectivity index (χ0n) is 13.5. The second-order valence-electron chi connectivity index (χ2n) is 6.22. The van der Waals surface area contributed by atoms with Gasteiger partial charge in [0, 0.05) is 43.2 Å². The summed E-state index contributed by atoms with van der Waals surface area (Å²) >= 11 is 0. The zero-order chi connectivity index (χ0) is 16.7. The van der Waals surface area contributed by atoms with Crippen LogP contribution in [0.1, 0.15) is 29.0 Å². The van der Waals surface area contributed by atoms with Crippen molar-refractivity contribution >= 4 is 16.8 Å². The molecule has 2 aromatic heterocycles. The number of aromatic nitrogens is 4. The first-order valence-electron chi connectivity index (χ1n) is 8.13. The minimum Gasteiger partial charge on any atom is -0.360 e. The summed E-state index contributed by atoms with van der Waals surface area (Å²) < 4.78 is 3.08. The maximum atomic E-state index is 12.6. The van der Waals surface area contributed by atoms with Gasteiger partial charge >= 0.3 is 5.69 Å². The van der Waals surface area contributed by atoms with E-state index in [1.165, 1.54) is 4.68 Å². The van der Waals surface area contributed by atoms with Crippen LogP contribution < -0.4 is 11.0 Å². The van der Waals surface area contributed by atoms with Crippen molar-refractivity contribution in [3.63, 3.8) is 0 Å². The van der Waals surface area contributed by atoms with Crippen LogP contribution in [0.5, 0.6) is 0 Å². The number of aromatic amines is 1. The predicted molar refractivity (Wildman–Crippen MR) is 90.0 cm³/mol. The molecular weight excluding hydrogens is 306 g/mol. The second-order valence-corrected chi connectivity index (χ2v) is 6.22. The quantitative estimate of drug-likeness (QED) is 0.742. The van der Waals surface area contributed by atoms with Crippen LogP contribution in [0.2, 0.25) is 0 Å². The number of aryl methyl sites for hydroxylation is 2. The molecule has 1 aromatic carbocycles. The molecule has 0 saturated heterocycles. The lowest BCUT2D eigenvalue weighted by atomic mass is 10.1. The van der Waals surface area contributed by atoms with Gasteiger partial charge in [-0.2, -0.15) is 5.10 Å². The number of nitrogens with one attached hydrogen (secondary N) is 2. The van der Waals surface area contributed by atoms with Crippen LogP contribution in [0, 0.1) is 0 Å². The third-order valence-corrected chi connectivity index (χ3v) is 4.67. The number of benzene rings is 1. The van der Waals surface area contributed by atoms with E-state index in [1.807, 2.05) is 24.3 Å². The lowest BCUT2D eigenvalue weighted by Gasteiger charge is -2.15. The van der Waals surface area contributed by atoms with E-state index in [9.17, 15) is 9.59 Å². The van der Waals surface area contributed by atoms with Crippen molar-refractivity contribution in [1.29, 1.82) is 0 Å². The standard InChI is InChI=1S/C17H19N5O2/c1-21-17(24)22-9-8-11(6-7-15(22)20-21)19-16(23)13-10-18-14-5-3-2-4-12(13)14/h2-5,10-11,18H,6-9H2,1H3,(H,19,23). The fourth-order valence-corrected chi connectivity index (χ4v) is 3.36. The molecule has 2 N–H and O–H groups in total. The van der Waals surface area contributed by atoms with E-state index in [1.54, 1.807) is 17.8 Å².